The van der Waals surface area contributed by atoms with Crippen LogP contribution in [0.25, 0.3) is 11.4 Å². The van der Waals surface area contributed by atoms with Crippen LogP contribution in [-0.4, -0.2) is 44.2 Å². The Morgan fingerprint density at radius 2 is 1.85 bits per heavy atom. The highest BCUT2D eigenvalue weighted by atomic mass is 16.5. The predicted octanol–water partition coefficient (Wildman–Crippen LogP) is 3.38. The normalized spacial score (nSPS) is 25.5. The fourth-order valence-corrected chi connectivity index (χ4v) is 4.18. The van der Waals surface area contributed by atoms with Crippen LogP contribution < -0.4 is 0 Å². The van der Waals surface area contributed by atoms with Crippen LogP contribution in [0.2, 0.25) is 0 Å². The summed E-state index contributed by atoms with van der Waals surface area (Å²) in [6.07, 6.45) is 4.23. The molecule has 2 aromatic rings. The number of aliphatic hydroxyl groups excluding tert-OH is 1. The van der Waals surface area contributed by atoms with Crippen molar-refractivity contribution in [1.29, 1.82) is 0 Å². The molecule has 1 amide bonds. The molecule has 1 aromatic carbocycles. The summed E-state index contributed by atoms with van der Waals surface area (Å²) >= 11 is 0. The van der Waals surface area contributed by atoms with E-state index in [2.05, 4.69) is 10.1 Å². The molecule has 2 fully saturated rings. The molecule has 2 bridgehead atoms. The first-order valence-electron chi connectivity index (χ1n) is 9.47. The third kappa shape index (κ3) is 3.14. The molecule has 0 radical (unpaired) electrons. The topological polar surface area (TPSA) is 79.5 Å². The second-order valence-corrected chi connectivity index (χ2v) is 7.76. The summed E-state index contributed by atoms with van der Waals surface area (Å²) in [5.41, 5.74) is 1.51. The number of piperidine rings is 2. The van der Waals surface area contributed by atoms with Gasteiger partial charge in [-0.25, -0.2) is 0 Å². The van der Waals surface area contributed by atoms with Crippen LogP contribution in [0.4, 0.5) is 0 Å². The van der Waals surface area contributed by atoms with Crippen LogP contribution in [0.1, 0.15) is 68.1 Å². The van der Waals surface area contributed by atoms with E-state index in [0.29, 0.717) is 30.1 Å². The van der Waals surface area contributed by atoms with Crippen LogP contribution >= 0.6 is 0 Å². The van der Waals surface area contributed by atoms with E-state index in [9.17, 15) is 9.90 Å². The zero-order chi connectivity index (χ0) is 18.3. The highest BCUT2D eigenvalue weighted by Crippen LogP contribution is 2.35. The number of carbonyl (C=O) groups is 1. The van der Waals surface area contributed by atoms with Gasteiger partial charge in [-0.3, -0.25) is 4.79 Å². The van der Waals surface area contributed by atoms with Crippen molar-refractivity contribution in [2.75, 3.05) is 0 Å². The van der Waals surface area contributed by atoms with E-state index in [0.717, 1.165) is 24.8 Å². The molecule has 6 heteroatoms. The predicted molar refractivity (Wildman–Crippen MR) is 96.7 cm³/mol. The number of hydrogen-bond donors (Lipinski definition) is 1. The van der Waals surface area contributed by atoms with Crippen molar-refractivity contribution in [3.8, 4) is 11.4 Å². The molecule has 3 atom stereocenters. The molecule has 4 rings (SSSR count). The van der Waals surface area contributed by atoms with Crippen molar-refractivity contribution >= 4 is 5.91 Å². The van der Waals surface area contributed by atoms with E-state index >= 15 is 0 Å². The SMILES string of the molecule is CC(C)c1nc(-c2ccc(C(=O)N3[C@@H]4CCC[C@H]3CC(O)C4)cc2)no1. The van der Waals surface area contributed by atoms with E-state index in [1.807, 2.05) is 43.0 Å². The van der Waals surface area contributed by atoms with Crippen LogP contribution in [0, 0.1) is 0 Å². The maximum atomic E-state index is 13.1. The number of aromatic nitrogens is 2. The molecule has 1 N–H and O–H groups in total. The number of hydrogen-bond acceptors (Lipinski definition) is 5. The molecule has 3 heterocycles. The van der Waals surface area contributed by atoms with Crippen molar-refractivity contribution in [2.24, 2.45) is 0 Å². The smallest absolute Gasteiger partial charge is 0.254 e. The third-order valence-electron chi connectivity index (χ3n) is 5.51. The number of amides is 1. The number of rotatable bonds is 3. The van der Waals surface area contributed by atoms with Gasteiger partial charge in [-0.2, -0.15) is 4.98 Å². The number of aliphatic hydroxyl groups is 1. The maximum Gasteiger partial charge on any atom is 0.254 e. The molecule has 0 spiro atoms. The monoisotopic (exact) mass is 355 g/mol. The fraction of sp³-hybridized carbons (Fsp3) is 0.550. The van der Waals surface area contributed by atoms with Crippen LogP contribution in [0.5, 0.6) is 0 Å². The highest BCUT2D eigenvalue weighted by molar-refractivity contribution is 5.95. The van der Waals surface area contributed by atoms with E-state index in [1.54, 1.807) is 0 Å². The Kier molecular flexibility index (Phi) is 4.53. The van der Waals surface area contributed by atoms with Crippen molar-refractivity contribution in [3.63, 3.8) is 0 Å². The standard InChI is InChI=1S/C20H25N3O3/c1-12(2)19-21-18(22-26-19)13-6-8-14(9-7-13)20(25)23-15-4-3-5-16(23)11-17(24)10-15/h6-9,12,15-17,24H,3-5,10-11H2,1-2H3/t15-,16+,17?. The molecule has 1 aromatic heterocycles. The summed E-state index contributed by atoms with van der Waals surface area (Å²) in [7, 11) is 0. The first-order valence-corrected chi connectivity index (χ1v) is 9.47. The van der Waals surface area contributed by atoms with Crippen LogP contribution in [0.15, 0.2) is 28.8 Å². The van der Waals surface area contributed by atoms with Crippen molar-refractivity contribution in [1.82, 2.24) is 15.0 Å². The van der Waals surface area contributed by atoms with Gasteiger partial charge >= 0.3 is 0 Å². The van der Waals surface area contributed by atoms with Crippen molar-refractivity contribution < 1.29 is 14.4 Å². The van der Waals surface area contributed by atoms with Gasteiger partial charge < -0.3 is 14.5 Å². The highest BCUT2D eigenvalue weighted by Gasteiger charge is 2.40. The summed E-state index contributed by atoms with van der Waals surface area (Å²) in [5, 5.41) is 14.0. The van der Waals surface area contributed by atoms with Gasteiger partial charge in [0, 0.05) is 29.1 Å². The largest absolute Gasteiger partial charge is 0.393 e. The number of carbonyl (C=O) groups excluding carboxylic acids is 1. The third-order valence-corrected chi connectivity index (χ3v) is 5.51. The van der Waals surface area contributed by atoms with E-state index in [1.165, 1.54) is 0 Å². The maximum absolute atomic E-state index is 13.1. The van der Waals surface area contributed by atoms with Crippen molar-refractivity contribution in [3.05, 3.63) is 35.7 Å². The van der Waals surface area contributed by atoms with Gasteiger partial charge in [-0.05, 0) is 44.2 Å². The Morgan fingerprint density at radius 3 is 2.42 bits per heavy atom. The zero-order valence-electron chi connectivity index (χ0n) is 15.3. The molecule has 2 aliphatic rings. The fourth-order valence-electron chi connectivity index (χ4n) is 4.18. The molecule has 6 nitrogen and oxygen atoms in total. The molecular weight excluding hydrogens is 330 g/mol. The summed E-state index contributed by atoms with van der Waals surface area (Å²) in [6.45, 7) is 4.01. The minimum atomic E-state index is -0.273. The van der Waals surface area contributed by atoms with Gasteiger partial charge in [0.05, 0.1) is 6.10 Å². The quantitative estimate of drug-likeness (QED) is 0.913. The van der Waals surface area contributed by atoms with Crippen LogP contribution in [0.3, 0.4) is 0 Å². The number of fused-ring (bicyclic) bond motifs is 2. The van der Waals surface area contributed by atoms with E-state index < -0.39 is 0 Å². The van der Waals surface area contributed by atoms with Gasteiger partial charge in [0.1, 0.15) is 0 Å². The number of nitrogens with zero attached hydrogens (tertiary/aromatic N) is 3. The molecule has 138 valence electrons. The minimum absolute atomic E-state index is 0.0640. The summed E-state index contributed by atoms with van der Waals surface area (Å²) in [6, 6.07) is 7.74. The second kappa shape index (κ2) is 6.83. The lowest BCUT2D eigenvalue weighted by molar-refractivity contribution is -0.0150. The molecule has 2 saturated heterocycles. The van der Waals surface area contributed by atoms with Gasteiger partial charge in [0.2, 0.25) is 11.7 Å². The van der Waals surface area contributed by atoms with Gasteiger partial charge in [0.15, 0.2) is 0 Å². The second-order valence-electron chi connectivity index (χ2n) is 7.76. The first-order chi connectivity index (χ1) is 12.5. The lowest BCUT2D eigenvalue weighted by Crippen LogP contribution is -2.55. The molecule has 0 aliphatic carbocycles. The van der Waals surface area contributed by atoms with Gasteiger partial charge in [0.25, 0.3) is 5.91 Å². The average molecular weight is 355 g/mol. The van der Waals surface area contributed by atoms with Gasteiger partial charge in [-0.1, -0.05) is 31.1 Å². The average Bonchev–Trinajstić information content (AvgIpc) is 3.11. The Bertz CT molecular complexity index is 770. The lowest BCUT2D eigenvalue weighted by Gasteiger charge is -2.47. The van der Waals surface area contributed by atoms with E-state index in [-0.39, 0.29) is 30.0 Å². The first kappa shape index (κ1) is 17.2. The Labute approximate surface area is 153 Å². The Morgan fingerprint density at radius 1 is 1.19 bits per heavy atom. The zero-order valence-corrected chi connectivity index (χ0v) is 15.3. The Hall–Kier alpha value is -2.21. The molecule has 26 heavy (non-hydrogen) atoms. The van der Waals surface area contributed by atoms with E-state index in [4.69, 9.17) is 4.52 Å². The molecule has 2 aliphatic heterocycles. The molecular formula is C20H25N3O3. The Balaban J connectivity index is 1.53. The molecule has 1 unspecified atom stereocenters. The van der Waals surface area contributed by atoms with Gasteiger partial charge in [-0.15, -0.1) is 0 Å². The minimum Gasteiger partial charge on any atom is -0.393 e. The molecule has 0 saturated carbocycles. The number of benzene rings is 1. The lowest BCUT2D eigenvalue weighted by atomic mass is 9.82. The summed E-state index contributed by atoms with van der Waals surface area (Å²) < 4.78 is 5.25. The van der Waals surface area contributed by atoms with Crippen LogP contribution in [-0.2, 0) is 0 Å². The van der Waals surface area contributed by atoms with Crippen molar-refractivity contribution in [2.45, 2.75) is 70.1 Å². The summed E-state index contributed by atoms with van der Waals surface area (Å²) in [5.74, 6) is 1.41. The summed E-state index contributed by atoms with van der Waals surface area (Å²) in [4.78, 5) is 19.5.